The Bertz CT molecular complexity index is 226. The average Bonchev–Trinajstić information content (AvgIpc) is 1.95. The molecular formula is C9H15N3O. The number of carbonyl (C=O) groups is 1. The molecule has 1 fully saturated rings. The van der Waals surface area contributed by atoms with Crippen LogP contribution in [-0.2, 0) is 4.79 Å². The fourth-order valence-corrected chi connectivity index (χ4v) is 1.38. The van der Waals surface area contributed by atoms with Gasteiger partial charge in [0, 0.05) is 19.1 Å². The first kappa shape index (κ1) is 10.0. The van der Waals surface area contributed by atoms with E-state index in [2.05, 4.69) is 24.1 Å². The van der Waals surface area contributed by atoms with Gasteiger partial charge >= 0.3 is 0 Å². The number of carbonyl (C=O) groups excluding carboxylic acids is 1. The molecule has 0 aromatic rings. The molecule has 0 aliphatic carbocycles. The molecule has 1 rings (SSSR count). The van der Waals surface area contributed by atoms with Crippen molar-refractivity contribution in [2.45, 2.75) is 32.4 Å². The zero-order chi connectivity index (χ0) is 9.84. The van der Waals surface area contributed by atoms with Gasteiger partial charge in [-0.25, -0.2) is 0 Å². The summed E-state index contributed by atoms with van der Waals surface area (Å²) in [5.41, 5.74) is 0. The second-order valence-electron chi connectivity index (χ2n) is 3.65. The second kappa shape index (κ2) is 4.24. The zero-order valence-electron chi connectivity index (χ0n) is 8.08. The molecule has 1 N–H and O–H groups in total. The van der Waals surface area contributed by atoms with Crippen molar-refractivity contribution in [1.82, 2.24) is 10.2 Å². The molecule has 0 unspecified atom stereocenters. The van der Waals surface area contributed by atoms with Crippen molar-refractivity contribution in [3.05, 3.63) is 0 Å². The van der Waals surface area contributed by atoms with Crippen LogP contribution in [0.2, 0.25) is 0 Å². The number of rotatable bonds is 3. The van der Waals surface area contributed by atoms with Gasteiger partial charge < -0.3 is 5.32 Å². The number of amides is 1. The molecule has 0 atom stereocenters. The van der Waals surface area contributed by atoms with Crippen molar-refractivity contribution in [3.63, 3.8) is 0 Å². The van der Waals surface area contributed by atoms with Crippen molar-refractivity contribution >= 4 is 5.91 Å². The largest absolute Gasteiger partial charge is 0.350 e. The highest BCUT2D eigenvalue weighted by atomic mass is 16.1. The minimum atomic E-state index is -0.157. The van der Waals surface area contributed by atoms with Gasteiger partial charge in [0.25, 0.3) is 0 Å². The lowest BCUT2D eigenvalue weighted by Gasteiger charge is -2.42. The number of nitrogens with one attached hydrogen (secondary N) is 1. The van der Waals surface area contributed by atoms with Gasteiger partial charge in [0.2, 0.25) is 5.91 Å². The van der Waals surface area contributed by atoms with Crippen LogP contribution in [0.15, 0.2) is 0 Å². The number of nitrogens with zero attached hydrogens (tertiary/aromatic N) is 2. The molecule has 1 aliphatic rings. The Morgan fingerprint density at radius 3 is 2.77 bits per heavy atom. The maximum absolute atomic E-state index is 11.0. The Morgan fingerprint density at radius 2 is 2.31 bits per heavy atom. The zero-order valence-corrected chi connectivity index (χ0v) is 8.08. The Morgan fingerprint density at radius 1 is 1.69 bits per heavy atom. The maximum Gasteiger partial charge on any atom is 0.234 e. The van der Waals surface area contributed by atoms with E-state index in [1.54, 1.807) is 0 Å². The van der Waals surface area contributed by atoms with E-state index < -0.39 is 0 Å². The van der Waals surface area contributed by atoms with Gasteiger partial charge in [-0.15, -0.1) is 0 Å². The summed E-state index contributed by atoms with van der Waals surface area (Å²) in [5.74, 6) is -0.157. The summed E-state index contributed by atoms with van der Waals surface area (Å²) in [4.78, 5) is 13.2. The molecule has 0 aromatic carbocycles. The van der Waals surface area contributed by atoms with Crippen molar-refractivity contribution in [2.24, 2.45) is 0 Å². The fourth-order valence-electron chi connectivity index (χ4n) is 1.38. The molecule has 0 spiro atoms. The van der Waals surface area contributed by atoms with Gasteiger partial charge in [-0.1, -0.05) is 0 Å². The van der Waals surface area contributed by atoms with Crippen LogP contribution < -0.4 is 5.32 Å². The summed E-state index contributed by atoms with van der Waals surface area (Å²) in [6.07, 6.45) is -0.0296. The third kappa shape index (κ3) is 2.71. The molecule has 0 saturated carbocycles. The third-order valence-electron chi connectivity index (χ3n) is 2.24. The van der Waals surface area contributed by atoms with E-state index in [0.717, 1.165) is 13.1 Å². The summed E-state index contributed by atoms with van der Waals surface area (Å²) in [5, 5.41) is 11.1. The molecule has 0 bridgehead atoms. The number of nitriles is 1. The summed E-state index contributed by atoms with van der Waals surface area (Å²) >= 11 is 0. The van der Waals surface area contributed by atoms with Crippen LogP contribution in [0.25, 0.3) is 0 Å². The smallest absolute Gasteiger partial charge is 0.234 e. The molecule has 72 valence electrons. The summed E-state index contributed by atoms with van der Waals surface area (Å²) < 4.78 is 0. The number of hydrogen-bond acceptors (Lipinski definition) is 3. The van der Waals surface area contributed by atoms with Crippen LogP contribution in [-0.4, -0.2) is 36.0 Å². The summed E-state index contributed by atoms with van der Waals surface area (Å²) in [6, 6.07) is 2.63. The highest BCUT2D eigenvalue weighted by molar-refractivity contribution is 5.78. The van der Waals surface area contributed by atoms with Gasteiger partial charge in [-0.05, 0) is 13.8 Å². The van der Waals surface area contributed by atoms with E-state index in [0.29, 0.717) is 6.04 Å². The molecule has 0 aromatic heterocycles. The number of likely N-dealkylation sites (tertiary alicyclic amines) is 1. The highest BCUT2D eigenvalue weighted by Crippen LogP contribution is 2.11. The predicted molar refractivity (Wildman–Crippen MR) is 48.9 cm³/mol. The molecule has 1 aliphatic heterocycles. The topological polar surface area (TPSA) is 56.1 Å². The lowest BCUT2D eigenvalue weighted by atomic mass is 10.1. The summed E-state index contributed by atoms with van der Waals surface area (Å²) in [6.45, 7) is 6.09. The SMILES string of the molecule is CC(C)N1CC(NC(=O)CC#N)C1. The molecule has 1 saturated heterocycles. The Labute approximate surface area is 78.5 Å². The van der Waals surface area contributed by atoms with Gasteiger partial charge in [0.15, 0.2) is 0 Å². The van der Waals surface area contributed by atoms with E-state index >= 15 is 0 Å². The molecule has 4 nitrogen and oxygen atoms in total. The quantitative estimate of drug-likeness (QED) is 0.672. The van der Waals surface area contributed by atoms with Gasteiger partial charge in [-0.2, -0.15) is 5.26 Å². The first-order chi connectivity index (χ1) is 6.13. The van der Waals surface area contributed by atoms with Crippen molar-refractivity contribution in [2.75, 3.05) is 13.1 Å². The van der Waals surface area contributed by atoms with Gasteiger partial charge in [-0.3, -0.25) is 9.69 Å². The molecule has 4 heteroatoms. The number of hydrogen-bond donors (Lipinski definition) is 1. The lowest BCUT2D eigenvalue weighted by molar-refractivity contribution is -0.122. The van der Waals surface area contributed by atoms with Crippen LogP contribution in [0.3, 0.4) is 0 Å². The van der Waals surface area contributed by atoms with E-state index in [9.17, 15) is 4.79 Å². The monoisotopic (exact) mass is 181 g/mol. The molecule has 1 heterocycles. The average molecular weight is 181 g/mol. The standard InChI is InChI=1S/C9H15N3O/c1-7(2)12-5-8(6-12)11-9(13)3-4-10/h7-8H,3,5-6H2,1-2H3,(H,11,13). The normalized spacial score (nSPS) is 18.0. The third-order valence-corrected chi connectivity index (χ3v) is 2.24. The maximum atomic E-state index is 11.0. The van der Waals surface area contributed by atoms with Gasteiger partial charge in [0.1, 0.15) is 6.42 Å². The fraction of sp³-hybridized carbons (Fsp3) is 0.778. The first-order valence-electron chi connectivity index (χ1n) is 4.54. The summed E-state index contributed by atoms with van der Waals surface area (Å²) in [7, 11) is 0. The second-order valence-corrected chi connectivity index (χ2v) is 3.65. The Hall–Kier alpha value is -1.08. The van der Waals surface area contributed by atoms with E-state index in [-0.39, 0.29) is 18.4 Å². The predicted octanol–water partition coefficient (Wildman–Crippen LogP) is 0.109. The van der Waals surface area contributed by atoms with Gasteiger partial charge in [0.05, 0.1) is 12.1 Å². The van der Waals surface area contributed by atoms with Crippen LogP contribution >= 0.6 is 0 Å². The lowest BCUT2D eigenvalue weighted by Crippen LogP contribution is -2.61. The Balaban J connectivity index is 2.15. The van der Waals surface area contributed by atoms with Crippen LogP contribution in [0.1, 0.15) is 20.3 Å². The minimum Gasteiger partial charge on any atom is -0.350 e. The molecule has 0 radical (unpaired) electrons. The molecule has 13 heavy (non-hydrogen) atoms. The van der Waals surface area contributed by atoms with Crippen molar-refractivity contribution in [1.29, 1.82) is 5.26 Å². The van der Waals surface area contributed by atoms with E-state index in [1.165, 1.54) is 0 Å². The van der Waals surface area contributed by atoms with Crippen LogP contribution in [0, 0.1) is 11.3 Å². The van der Waals surface area contributed by atoms with Crippen LogP contribution in [0.4, 0.5) is 0 Å². The first-order valence-corrected chi connectivity index (χ1v) is 4.54. The molecule has 1 amide bonds. The van der Waals surface area contributed by atoms with E-state index in [4.69, 9.17) is 5.26 Å². The Kier molecular flexibility index (Phi) is 3.26. The minimum absolute atomic E-state index is 0.0296. The van der Waals surface area contributed by atoms with E-state index in [1.807, 2.05) is 6.07 Å². The van der Waals surface area contributed by atoms with Crippen LogP contribution in [0.5, 0.6) is 0 Å². The highest BCUT2D eigenvalue weighted by Gasteiger charge is 2.29. The molecular weight excluding hydrogens is 166 g/mol. The van der Waals surface area contributed by atoms with Crippen molar-refractivity contribution < 1.29 is 4.79 Å². The van der Waals surface area contributed by atoms with Crippen molar-refractivity contribution in [3.8, 4) is 6.07 Å².